The summed E-state index contributed by atoms with van der Waals surface area (Å²) in [5.41, 5.74) is 1.51. The SMILES string of the molecule is CCOc1ccccc1NC(=O)[C@H]1CCCN(S(=O)(=O)c2cc3c(cc2C)NC(=O)[C@@H](C)O3)C1. The Morgan fingerprint density at radius 3 is 2.82 bits per heavy atom. The fraction of sp³-hybridized carbons (Fsp3) is 0.417. The van der Waals surface area contributed by atoms with Crippen LogP contribution in [0.1, 0.15) is 32.3 Å². The number of hydrogen-bond donors (Lipinski definition) is 2. The number of ether oxygens (including phenoxy) is 2. The lowest BCUT2D eigenvalue weighted by Crippen LogP contribution is -2.44. The van der Waals surface area contributed by atoms with Crippen LogP contribution in [-0.2, 0) is 19.6 Å². The topological polar surface area (TPSA) is 114 Å². The molecule has 0 aliphatic carbocycles. The van der Waals surface area contributed by atoms with Gasteiger partial charge in [-0.15, -0.1) is 0 Å². The average Bonchev–Trinajstić information content (AvgIpc) is 2.81. The second-order valence-corrected chi connectivity index (χ2v) is 10.4. The van der Waals surface area contributed by atoms with Crippen LogP contribution in [0.25, 0.3) is 0 Å². The van der Waals surface area contributed by atoms with Gasteiger partial charge in [0.15, 0.2) is 6.10 Å². The molecule has 2 atom stereocenters. The van der Waals surface area contributed by atoms with Gasteiger partial charge >= 0.3 is 0 Å². The summed E-state index contributed by atoms with van der Waals surface area (Å²) >= 11 is 0. The predicted molar refractivity (Wildman–Crippen MR) is 128 cm³/mol. The number of piperidine rings is 1. The molecule has 1 fully saturated rings. The standard InChI is InChI=1S/C24H29N3O6S/c1-4-32-20-10-6-5-9-18(20)25-24(29)17-8-7-11-27(14-17)34(30,31)22-13-21-19(12-15(22)2)26-23(28)16(3)33-21/h5-6,9-10,12-13,16-17H,4,7-8,11,14H2,1-3H3,(H,25,29)(H,26,28)/t16-,17+/m1/s1. The van der Waals surface area contributed by atoms with Crippen LogP contribution in [0, 0.1) is 12.8 Å². The van der Waals surface area contributed by atoms with Crippen molar-refractivity contribution in [2.45, 2.75) is 44.6 Å². The van der Waals surface area contributed by atoms with Crippen molar-refractivity contribution in [3.8, 4) is 11.5 Å². The van der Waals surface area contributed by atoms with E-state index < -0.39 is 22.0 Å². The molecular formula is C24H29N3O6S. The number of sulfonamides is 1. The molecule has 2 aliphatic heterocycles. The second kappa shape index (κ2) is 9.63. The molecule has 2 N–H and O–H groups in total. The van der Waals surface area contributed by atoms with Crippen LogP contribution >= 0.6 is 0 Å². The highest BCUT2D eigenvalue weighted by atomic mass is 32.2. The number of nitrogens with one attached hydrogen (secondary N) is 2. The molecule has 2 aliphatic rings. The Morgan fingerprint density at radius 1 is 1.29 bits per heavy atom. The van der Waals surface area contributed by atoms with E-state index in [1.165, 1.54) is 10.4 Å². The molecular weight excluding hydrogens is 458 g/mol. The van der Waals surface area contributed by atoms with E-state index in [1.54, 1.807) is 38.1 Å². The number of aryl methyl sites for hydroxylation is 1. The van der Waals surface area contributed by atoms with Gasteiger partial charge in [-0.05, 0) is 57.4 Å². The zero-order valence-electron chi connectivity index (χ0n) is 19.5. The quantitative estimate of drug-likeness (QED) is 0.647. The molecule has 9 nitrogen and oxygen atoms in total. The van der Waals surface area contributed by atoms with Gasteiger partial charge in [0.2, 0.25) is 15.9 Å². The van der Waals surface area contributed by atoms with E-state index in [0.29, 0.717) is 54.4 Å². The summed E-state index contributed by atoms with van der Waals surface area (Å²) in [5.74, 6) is -0.126. The largest absolute Gasteiger partial charge is 0.492 e. The van der Waals surface area contributed by atoms with Crippen molar-refractivity contribution in [2.75, 3.05) is 30.3 Å². The van der Waals surface area contributed by atoms with Crippen LogP contribution in [0.3, 0.4) is 0 Å². The second-order valence-electron chi connectivity index (χ2n) is 8.48. The van der Waals surface area contributed by atoms with E-state index in [4.69, 9.17) is 9.47 Å². The Labute approximate surface area is 199 Å². The first kappa shape index (κ1) is 24.0. The summed E-state index contributed by atoms with van der Waals surface area (Å²) in [4.78, 5) is 25.0. The van der Waals surface area contributed by atoms with Gasteiger partial charge in [-0.3, -0.25) is 9.59 Å². The van der Waals surface area contributed by atoms with E-state index in [9.17, 15) is 18.0 Å². The third-order valence-electron chi connectivity index (χ3n) is 6.03. The maximum absolute atomic E-state index is 13.5. The molecule has 10 heteroatoms. The highest BCUT2D eigenvalue weighted by molar-refractivity contribution is 7.89. The highest BCUT2D eigenvalue weighted by Gasteiger charge is 2.35. The molecule has 0 bridgehead atoms. The minimum atomic E-state index is -3.88. The summed E-state index contributed by atoms with van der Waals surface area (Å²) in [7, 11) is -3.88. The van der Waals surface area contributed by atoms with Crippen molar-refractivity contribution < 1.29 is 27.5 Å². The van der Waals surface area contributed by atoms with Crippen LogP contribution in [0.2, 0.25) is 0 Å². The lowest BCUT2D eigenvalue weighted by atomic mass is 9.98. The van der Waals surface area contributed by atoms with Gasteiger partial charge in [0.1, 0.15) is 11.5 Å². The minimum absolute atomic E-state index is 0.0789. The van der Waals surface area contributed by atoms with Gasteiger partial charge in [-0.2, -0.15) is 4.31 Å². The van der Waals surface area contributed by atoms with Crippen molar-refractivity contribution in [1.29, 1.82) is 0 Å². The molecule has 1 saturated heterocycles. The molecule has 0 spiro atoms. The number of carbonyl (C=O) groups excluding carboxylic acids is 2. The lowest BCUT2D eigenvalue weighted by Gasteiger charge is -2.32. The third kappa shape index (κ3) is 4.74. The van der Waals surface area contributed by atoms with Crippen LogP contribution < -0.4 is 20.1 Å². The van der Waals surface area contributed by atoms with Gasteiger partial charge in [-0.25, -0.2) is 8.42 Å². The van der Waals surface area contributed by atoms with E-state index >= 15 is 0 Å². The van der Waals surface area contributed by atoms with Gasteiger partial charge in [-0.1, -0.05) is 12.1 Å². The maximum Gasteiger partial charge on any atom is 0.265 e. The number of anilines is 2. The van der Waals surface area contributed by atoms with Crippen molar-refractivity contribution in [1.82, 2.24) is 4.31 Å². The first-order valence-electron chi connectivity index (χ1n) is 11.4. The lowest BCUT2D eigenvalue weighted by molar-refractivity contribution is -0.123. The zero-order chi connectivity index (χ0) is 24.5. The van der Waals surface area contributed by atoms with E-state index in [2.05, 4.69) is 10.6 Å². The number of carbonyl (C=O) groups is 2. The van der Waals surface area contributed by atoms with E-state index in [1.807, 2.05) is 13.0 Å². The molecule has 2 aromatic carbocycles. The number of nitrogens with zero attached hydrogens (tertiary/aromatic N) is 1. The van der Waals surface area contributed by atoms with Crippen molar-refractivity contribution >= 4 is 33.2 Å². The summed E-state index contributed by atoms with van der Waals surface area (Å²) in [6.45, 7) is 6.01. The van der Waals surface area contributed by atoms with E-state index in [0.717, 1.165) is 0 Å². The molecule has 0 unspecified atom stereocenters. The predicted octanol–water partition coefficient (Wildman–Crippen LogP) is 3.15. The number of rotatable bonds is 6. The van der Waals surface area contributed by atoms with Crippen LogP contribution in [-0.4, -0.2) is 50.3 Å². The Kier molecular flexibility index (Phi) is 6.81. The molecule has 0 saturated carbocycles. The summed E-state index contributed by atoms with van der Waals surface area (Å²) in [6, 6.07) is 10.2. The normalized spacial score (nSPS) is 20.6. The van der Waals surface area contributed by atoms with Crippen LogP contribution in [0.15, 0.2) is 41.3 Å². The van der Waals surface area contributed by atoms with Crippen LogP contribution in [0.4, 0.5) is 11.4 Å². The number of fused-ring (bicyclic) bond motifs is 1. The minimum Gasteiger partial charge on any atom is -0.492 e. The van der Waals surface area contributed by atoms with Crippen molar-refractivity contribution in [2.24, 2.45) is 5.92 Å². The Hall–Kier alpha value is -3.11. The van der Waals surface area contributed by atoms with Gasteiger partial charge < -0.3 is 20.1 Å². The number of hydrogen-bond acceptors (Lipinski definition) is 6. The molecule has 34 heavy (non-hydrogen) atoms. The van der Waals surface area contributed by atoms with Gasteiger partial charge in [0, 0.05) is 19.2 Å². The Bertz CT molecular complexity index is 1210. The molecule has 0 radical (unpaired) electrons. The van der Waals surface area contributed by atoms with Gasteiger partial charge in [0.25, 0.3) is 5.91 Å². The first-order valence-corrected chi connectivity index (χ1v) is 12.8. The van der Waals surface area contributed by atoms with Crippen molar-refractivity contribution in [3.05, 3.63) is 42.0 Å². The summed E-state index contributed by atoms with van der Waals surface area (Å²) in [6.07, 6.45) is 0.441. The van der Waals surface area contributed by atoms with Crippen LogP contribution in [0.5, 0.6) is 11.5 Å². The smallest absolute Gasteiger partial charge is 0.265 e. The fourth-order valence-corrected chi connectivity index (χ4v) is 5.97. The molecule has 4 rings (SSSR count). The van der Waals surface area contributed by atoms with E-state index in [-0.39, 0.29) is 23.3 Å². The molecule has 0 aromatic heterocycles. The summed E-state index contributed by atoms with van der Waals surface area (Å²) < 4.78 is 39.6. The zero-order valence-corrected chi connectivity index (χ0v) is 20.3. The molecule has 2 amide bonds. The Morgan fingerprint density at radius 2 is 2.06 bits per heavy atom. The third-order valence-corrected chi connectivity index (χ3v) is 8.03. The monoisotopic (exact) mass is 487 g/mol. The highest BCUT2D eigenvalue weighted by Crippen LogP contribution is 2.36. The molecule has 182 valence electrons. The number of para-hydroxylation sites is 2. The number of benzene rings is 2. The number of amides is 2. The summed E-state index contributed by atoms with van der Waals surface area (Å²) in [5, 5.41) is 5.62. The van der Waals surface area contributed by atoms with Crippen molar-refractivity contribution in [3.63, 3.8) is 0 Å². The fourth-order valence-electron chi connectivity index (χ4n) is 4.22. The Balaban J connectivity index is 1.53. The average molecular weight is 488 g/mol. The first-order chi connectivity index (χ1) is 16.2. The van der Waals surface area contributed by atoms with Gasteiger partial charge in [0.05, 0.1) is 28.8 Å². The maximum atomic E-state index is 13.5. The molecule has 2 aromatic rings. The molecule has 2 heterocycles.